The molecular weight excluding hydrogens is 254 g/mol. The van der Waals surface area contributed by atoms with Crippen molar-refractivity contribution in [2.75, 3.05) is 19.8 Å². The second-order valence-corrected chi connectivity index (χ2v) is 5.38. The minimum absolute atomic E-state index is 0.0423. The lowest BCUT2D eigenvalue weighted by molar-refractivity contribution is 0.0606. The molecule has 0 amide bonds. The van der Waals surface area contributed by atoms with Gasteiger partial charge in [0, 0.05) is 30.6 Å². The van der Waals surface area contributed by atoms with Crippen LogP contribution in [0.3, 0.4) is 0 Å². The number of ether oxygens (including phenoxy) is 2. The highest BCUT2D eigenvalue weighted by molar-refractivity contribution is 5.17. The van der Waals surface area contributed by atoms with Crippen LogP contribution in [0.5, 0.6) is 6.01 Å². The highest BCUT2D eigenvalue weighted by Crippen LogP contribution is 2.10. The van der Waals surface area contributed by atoms with Gasteiger partial charge < -0.3 is 14.8 Å². The molecule has 0 bridgehead atoms. The van der Waals surface area contributed by atoms with Gasteiger partial charge in [-0.25, -0.2) is 9.97 Å². The van der Waals surface area contributed by atoms with Gasteiger partial charge in [-0.3, -0.25) is 0 Å². The number of nitrogens with zero attached hydrogens (tertiary/aromatic N) is 2. The summed E-state index contributed by atoms with van der Waals surface area (Å²) in [6.45, 7) is 13.3. The van der Waals surface area contributed by atoms with Crippen molar-refractivity contribution < 1.29 is 9.47 Å². The molecule has 0 spiro atoms. The van der Waals surface area contributed by atoms with Crippen LogP contribution in [0.2, 0.25) is 0 Å². The van der Waals surface area contributed by atoms with Gasteiger partial charge >= 0.3 is 6.01 Å². The van der Waals surface area contributed by atoms with Crippen molar-refractivity contribution in [1.82, 2.24) is 15.3 Å². The molecule has 0 saturated carbocycles. The lowest BCUT2D eigenvalue weighted by Crippen LogP contribution is -2.22. The van der Waals surface area contributed by atoms with Crippen LogP contribution in [0, 0.1) is 12.8 Å². The predicted molar refractivity (Wildman–Crippen MR) is 79.9 cm³/mol. The average Bonchev–Trinajstić information content (AvgIpc) is 2.38. The molecule has 0 aliphatic heterocycles. The third-order valence-electron chi connectivity index (χ3n) is 2.79. The molecule has 0 fully saturated rings. The fourth-order valence-corrected chi connectivity index (χ4v) is 1.69. The molecular formula is C15H27N3O2. The molecule has 0 radical (unpaired) electrons. The minimum Gasteiger partial charge on any atom is -0.458 e. The fraction of sp³-hybridized carbons (Fsp3) is 0.733. The molecule has 1 unspecified atom stereocenters. The van der Waals surface area contributed by atoms with Gasteiger partial charge in [-0.05, 0) is 33.2 Å². The molecule has 0 saturated heterocycles. The summed E-state index contributed by atoms with van der Waals surface area (Å²) in [4.78, 5) is 8.65. The summed E-state index contributed by atoms with van der Waals surface area (Å²) in [5.41, 5.74) is 2.06. The molecule has 1 rings (SSSR count). The van der Waals surface area contributed by atoms with Crippen LogP contribution >= 0.6 is 0 Å². The van der Waals surface area contributed by atoms with E-state index in [9.17, 15) is 0 Å². The average molecular weight is 281 g/mol. The van der Waals surface area contributed by atoms with Crippen LogP contribution in [0.25, 0.3) is 0 Å². The number of nitrogens with one attached hydrogen (secondary N) is 1. The Morgan fingerprint density at radius 2 is 2.05 bits per heavy atom. The summed E-state index contributed by atoms with van der Waals surface area (Å²) in [5.74, 6) is 0.637. The first kappa shape index (κ1) is 16.9. The van der Waals surface area contributed by atoms with Crippen LogP contribution in [-0.2, 0) is 11.3 Å². The fourth-order valence-electron chi connectivity index (χ4n) is 1.69. The van der Waals surface area contributed by atoms with E-state index in [1.54, 1.807) is 0 Å². The van der Waals surface area contributed by atoms with Gasteiger partial charge in [-0.1, -0.05) is 13.8 Å². The second kappa shape index (κ2) is 8.87. The number of aryl methyl sites for hydroxylation is 1. The van der Waals surface area contributed by atoms with E-state index < -0.39 is 0 Å². The zero-order chi connectivity index (χ0) is 15.0. The molecule has 5 heteroatoms. The maximum absolute atomic E-state index is 5.63. The Balaban J connectivity index is 2.50. The van der Waals surface area contributed by atoms with Gasteiger partial charge in [-0.2, -0.15) is 0 Å². The highest BCUT2D eigenvalue weighted by atomic mass is 16.5. The van der Waals surface area contributed by atoms with E-state index >= 15 is 0 Å². The second-order valence-electron chi connectivity index (χ2n) is 5.38. The van der Waals surface area contributed by atoms with Crippen LogP contribution < -0.4 is 10.1 Å². The molecule has 0 aliphatic rings. The summed E-state index contributed by atoms with van der Waals surface area (Å²) in [6, 6.07) is 0.419. The Hall–Kier alpha value is -1.20. The van der Waals surface area contributed by atoms with Crippen molar-refractivity contribution >= 4 is 0 Å². The molecule has 1 aromatic rings. The van der Waals surface area contributed by atoms with E-state index in [4.69, 9.17) is 9.47 Å². The van der Waals surface area contributed by atoms with Gasteiger partial charge in [0.1, 0.15) is 6.10 Å². The Bertz CT molecular complexity index is 397. The van der Waals surface area contributed by atoms with E-state index in [-0.39, 0.29) is 6.10 Å². The summed E-state index contributed by atoms with van der Waals surface area (Å²) < 4.78 is 10.9. The van der Waals surface area contributed by atoms with Gasteiger partial charge in [0.15, 0.2) is 0 Å². The number of hydrogen-bond donors (Lipinski definition) is 1. The van der Waals surface area contributed by atoms with Crippen LogP contribution in [-0.4, -0.2) is 35.8 Å². The van der Waals surface area contributed by atoms with E-state index in [1.165, 1.54) is 0 Å². The zero-order valence-corrected chi connectivity index (χ0v) is 13.3. The zero-order valence-electron chi connectivity index (χ0n) is 13.3. The van der Waals surface area contributed by atoms with E-state index in [0.29, 0.717) is 25.1 Å². The first-order valence-corrected chi connectivity index (χ1v) is 7.30. The lowest BCUT2D eigenvalue weighted by Gasteiger charge is -2.14. The van der Waals surface area contributed by atoms with E-state index in [1.807, 2.05) is 27.0 Å². The van der Waals surface area contributed by atoms with E-state index in [2.05, 4.69) is 29.1 Å². The monoisotopic (exact) mass is 281 g/mol. The van der Waals surface area contributed by atoms with Crippen molar-refractivity contribution in [3.8, 4) is 6.01 Å². The summed E-state index contributed by atoms with van der Waals surface area (Å²) in [5, 5.41) is 3.39. The quantitative estimate of drug-likeness (QED) is 0.753. The number of hydrogen-bond acceptors (Lipinski definition) is 5. The summed E-state index contributed by atoms with van der Waals surface area (Å²) in [7, 11) is 0. The molecule has 1 N–H and O–H groups in total. The van der Waals surface area contributed by atoms with Gasteiger partial charge in [-0.15, -0.1) is 0 Å². The smallest absolute Gasteiger partial charge is 0.316 e. The van der Waals surface area contributed by atoms with Crippen LogP contribution in [0.1, 0.15) is 39.0 Å². The number of aromatic nitrogens is 2. The van der Waals surface area contributed by atoms with Gasteiger partial charge in [0.2, 0.25) is 0 Å². The third kappa shape index (κ3) is 6.30. The Morgan fingerprint density at radius 3 is 2.65 bits per heavy atom. The topological polar surface area (TPSA) is 56.3 Å². The number of rotatable bonds is 9. The Kier molecular flexibility index (Phi) is 7.47. The van der Waals surface area contributed by atoms with Crippen molar-refractivity contribution in [2.24, 2.45) is 5.92 Å². The summed E-state index contributed by atoms with van der Waals surface area (Å²) >= 11 is 0. The first-order valence-electron chi connectivity index (χ1n) is 7.30. The first-order chi connectivity index (χ1) is 9.52. The maximum atomic E-state index is 5.63. The van der Waals surface area contributed by atoms with Gasteiger partial charge in [0.25, 0.3) is 0 Å². The SMILES string of the molecule is CCOCC(C)Oc1ncc(CNCC(C)C)c(C)n1. The highest BCUT2D eigenvalue weighted by Gasteiger charge is 2.08. The molecule has 114 valence electrons. The molecule has 1 heterocycles. The van der Waals surface area contributed by atoms with E-state index in [0.717, 1.165) is 24.3 Å². The van der Waals surface area contributed by atoms with Crippen molar-refractivity contribution in [1.29, 1.82) is 0 Å². The Labute approximate surface area is 122 Å². The molecule has 1 atom stereocenters. The van der Waals surface area contributed by atoms with Crippen molar-refractivity contribution in [3.63, 3.8) is 0 Å². The predicted octanol–water partition coefficient (Wildman–Crippen LogP) is 2.33. The normalized spacial score (nSPS) is 12.7. The third-order valence-corrected chi connectivity index (χ3v) is 2.79. The standard InChI is InChI=1S/C15H27N3O2/c1-6-19-10-12(4)20-15-17-9-14(13(5)18-15)8-16-7-11(2)3/h9,11-12,16H,6-8,10H2,1-5H3. The molecule has 0 aromatic carbocycles. The van der Waals surface area contributed by atoms with Gasteiger partial charge in [0.05, 0.1) is 6.61 Å². The molecule has 1 aromatic heterocycles. The van der Waals surface area contributed by atoms with Crippen molar-refractivity contribution in [2.45, 2.75) is 47.3 Å². The van der Waals surface area contributed by atoms with Crippen molar-refractivity contribution in [3.05, 3.63) is 17.5 Å². The van der Waals surface area contributed by atoms with Crippen LogP contribution in [0.4, 0.5) is 0 Å². The maximum Gasteiger partial charge on any atom is 0.316 e. The van der Waals surface area contributed by atoms with Crippen LogP contribution in [0.15, 0.2) is 6.20 Å². The Morgan fingerprint density at radius 1 is 1.30 bits per heavy atom. The molecule has 0 aliphatic carbocycles. The molecule has 20 heavy (non-hydrogen) atoms. The minimum atomic E-state index is -0.0423. The largest absolute Gasteiger partial charge is 0.458 e. The summed E-state index contributed by atoms with van der Waals surface area (Å²) in [6.07, 6.45) is 1.79. The molecule has 5 nitrogen and oxygen atoms in total. The lowest BCUT2D eigenvalue weighted by atomic mass is 10.2.